The molecule has 2 amide bonds. The Kier molecular flexibility index (Phi) is 6.57. The highest BCUT2D eigenvalue weighted by molar-refractivity contribution is 5.94. The lowest BCUT2D eigenvalue weighted by Crippen LogP contribution is -2.47. The van der Waals surface area contributed by atoms with Crippen molar-refractivity contribution in [3.8, 4) is 5.75 Å². The van der Waals surface area contributed by atoms with Crippen LogP contribution in [0.2, 0.25) is 0 Å². The lowest BCUT2D eigenvalue weighted by Gasteiger charge is -2.32. The van der Waals surface area contributed by atoms with Gasteiger partial charge in [0.1, 0.15) is 11.9 Å². The molecule has 3 N–H and O–H groups in total. The number of likely N-dealkylation sites (N-methyl/N-ethyl adjacent to an activating group) is 1. The van der Waals surface area contributed by atoms with Crippen LogP contribution in [0.25, 0.3) is 0 Å². The first kappa shape index (κ1) is 20.6. The first-order valence-electron chi connectivity index (χ1n) is 10.1. The second kappa shape index (κ2) is 8.92. The van der Waals surface area contributed by atoms with Gasteiger partial charge in [0.2, 0.25) is 11.8 Å². The molecule has 1 saturated carbocycles. The van der Waals surface area contributed by atoms with E-state index in [4.69, 9.17) is 4.74 Å². The van der Waals surface area contributed by atoms with Crippen molar-refractivity contribution in [2.75, 3.05) is 32.1 Å². The van der Waals surface area contributed by atoms with Crippen LogP contribution in [0.3, 0.4) is 0 Å². The van der Waals surface area contributed by atoms with Crippen LogP contribution in [0.4, 0.5) is 5.69 Å². The zero-order valence-corrected chi connectivity index (χ0v) is 16.9. The van der Waals surface area contributed by atoms with E-state index in [-0.39, 0.29) is 48.8 Å². The number of benzene rings is 1. The minimum absolute atomic E-state index is 0.0347. The first-order valence-corrected chi connectivity index (χ1v) is 10.1. The second-order valence-corrected chi connectivity index (χ2v) is 8.03. The zero-order valence-electron chi connectivity index (χ0n) is 16.9. The van der Waals surface area contributed by atoms with E-state index in [0.717, 1.165) is 18.4 Å². The summed E-state index contributed by atoms with van der Waals surface area (Å²) < 4.78 is 6.28. The fraction of sp³-hybridized carbons (Fsp3) is 0.619. The van der Waals surface area contributed by atoms with Gasteiger partial charge in [-0.15, -0.1) is 0 Å². The molecule has 0 aromatic heterocycles. The molecule has 2 aliphatic rings. The number of carbonyl (C=O) groups is 2. The van der Waals surface area contributed by atoms with Crippen LogP contribution in [0, 0.1) is 11.8 Å². The third-order valence-electron chi connectivity index (χ3n) is 5.54. The third kappa shape index (κ3) is 4.83. The number of anilines is 1. The van der Waals surface area contributed by atoms with Crippen LogP contribution >= 0.6 is 0 Å². The summed E-state index contributed by atoms with van der Waals surface area (Å²) in [6.07, 6.45) is 1.94. The second-order valence-electron chi connectivity index (χ2n) is 8.03. The van der Waals surface area contributed by atoms with E-state index in [1.165, 1.54) is 0 Å². The Morgan fingerprint density at radius 2 is 2.14 bits per heavy atom. The molecule has 0 spiro atoms. The molecule has 1 aromatic carbocycles. The summed E-state index contributed by atoms with van der Waals surface area (Å²) in [5.74, 6) is 0.861. The fourth-order valence-electron chi connectivity index (χ4n) is 3.54. The number of hydrogen-bond donors (Lipinski definition) is 3. The van der Waals surface area contributed by atoms with Gasteiger partial charge in [-0.2, -0.15) is 0 Å². The van der Waals surface area contributed by atoms with Crippen LogP contribution in [0.15, 0.2) is 18.2 Å². The quantitative estimate of drug-likeness (QED) is 0.684. The summed E-state index contributed by atoms with van der Waals surface area (Å²) >= 11 is 0. The predicted molar refractivity (Wildman–Crippen MR) is 107 cm³/mol. The number of aliphatic hydroxyl groups is 1. The maximum Gasteiger partial charge on any atom is 0.227 e. The molecule has 1 fully saturated rings. The Morgan fingerprint density at radius 3 is 2.79 bits per heavy atom. The number of fused-ring (bicyclic) bond motifs is 1. The first-order chi connectivity index (χ1) is 13.4. The van der Waals surface area contributed by atoms with E-state index >= 15 is 0 Å². The molecule has 0 radical (unpaired) electrons. The normalized spacial score (nSPS) is 23.7. The van der Waals surface area contributed by atoms with Gasteiger partial charge in [-0.3, -0.25) is 9.59 Å². The predicted octanol–water partition coefficient (Wildman–Crippen LogP) is 1.40. The summed E-state index contributed by atoms with van der Waals surface area (Å²) in [7, 11) is 1.87. The summed E-state index contributed by atoms with van der Waals surface area (Å²) in [4.78, 5) is 26.8. The van der Waals surface area contributed by atoms with Gasteiger partial charge < -0.3 is 25.4 Å². The van der Waals surface area contributed by atoms with Crippen LogP contribution in [0.5, 0.6) is 5.75 Å². The highest BCUT2D eigenvalue weighted by atomic mass is 16.5. The molecule has 3 atom stereocenters. The van der Waals surface area contributed by atoms with Gasteiger partial charge in [0.15, 0.2) is 0 Å². The minimum atomic E-state index is -0.260. The minimum Gasteiger partial charge on any atom is -0.488 e. The van der Waals surface area contributed by atoms with Gasteiger partial charge in [0.05, 0.1) is 19.1 Å². The van der Waals surface area contributed by atoms with Crippen molar-refractivity contribution >= 4 is 17.5 Å². The summed E-state index contributed by atoms with van der Waals surface area (Å²) in [6, 6.07) is 5.24. The van der Waals surface area contributed by atoms with E-state index in [1.54, 1.807) is 4.90 Å². The van der Waals surface area contributed by atoms with Gasteiger partial charge in [-0.25, -0.2) is 0 Å². The maximum atomic E-state index is 13.0. The molecule has 1 aromatic rings. The average Bonchev–Trinajstić information content (AvgIpc) is 3.51. The largest absolute Gasteiger partial charge is 0.488 e. The molecule has 1 aliphatic heterocycles. The molecule has 7 nitrogen and oxygen atoms in total. The number of nitrogens with zero attached hydrogens (tertiary/aromatic N) is 1. The lowest BCUT2D eigenvalue weighted by atomic mass is 10.0. The van der Waals surface area contributed by atoms with E-state index in [9.17, 15) is 14.7 Å². The number of aliphatic hydroxyl groups excluding tert-OH is 1. The van der Waals surface area contributed by atoms with Crippen molar-refractivity contribution in [3.05, 3.63) is 23.8 Å². The lowest BCUT2D eigenvalue weighted by molar-refractivity contribution is -0.134. The highest BCUT2D eigenvalue weighted by Gasteiger charge is 2.31. The van der Waals surface area contributed by atoms with Crippen molar-refractivity contribution in [2.45, 2.75) is 45.3 Å². The summed E-state index contributed by atoms with van der Waals surface area (Å²) in [5, 5.41) is 15.7. The van der Waals surface area contributed by atoms with Crippen LogP contribution < -0.4 is 15.4 Å². The SMILES string of the molecule is CNC[C@H]1Oc2ccc(NC(=O)C3CC3)cc2CC(=O)N([C@@H](C)CO)C[C@@H]1C. The van der Waals surface area contributed by atoms with Gasteiger partial charge in [-0.05, 0) is 45.0 Å². The molecule has 7 heteroatoms. The van der Waals surface area contributed by atoms with Gasteiger partial charge in [-0.1, -0.05) is 6.92 Å². The van der Waals surface area contributed by atoms with Crippen LogP contribution in [0.1, 0.15) is 32.3 Å². The smallest absolute Gasteiger partial charge is 0.227 e. The Morgan fingerprint density at radius 1 is 1.39 bits per heavy atom. The standard InChI is InChI=1S/C21H31N3O4/c1-13-11-24(14(2)12-25)20(26)9-16-8-17(23-21(27)15-4-5-15)6-7-18(16)28-19(13)10-22-3/h6-8,13-15,19,22,25H,4-5,9-12H2,1-3H3,(H,23,27)/t13-,14-,19+/m0/s1. The molecule has 154 valence electrons. The van der Waals surface area contributed by atoms with Gasteiger partial charge in [0.25, 0.3) is 0 Å². The highest BCUT2D eigenvalue weighted by Crippen LogP contribution is 2.32. The van der Waals surface area contributed by atoms with Crippen molar-refractivity contribution in [2.24, 2.45) is 11.8 Å². The molecular formula is C21H31N3O4. The van der Waals surface area contributed by atoms with Crippen LogP contribution in [-0.2, 0) is 16.0 Å². The summed E-state index contributed by atoms with van der Waals surface area (Å²) in [5.41, 5.74) is 1.44. The third-order valence-corrected chi connectivity index (χ3v) is 5.54. The fourth-order valence-corrected chi connectivity index (χ4v) is 3.54. The number of nitrogens with one attached hydrogen (secondary N) is 2. The van der Waals surface area contributed by atoms with Crippen molar-refractivity contribution < 1.29 is 19.4 Å². The van der Waals surface area contributed by atoms with Gasteiger partial charge in [0, 0.05) is 36.2 Å². The Labute approximate surface area is 166 Å². The maximum absolute atomic E-state index is 13.0. The van der Waals surface area contributed by atoms with Gasteiger partial charge >= 0.3 is 0 Å². The number of rotatable bonds is 6. The van der Waals surface area contributed by atoms with Crippen molar-refractivity contribution in [1.29, 1.82) is 0 Å². The Balaban J connectivity index is 1.90. The molecule has 3 rings (SSSR count). The molecule has 1 aliphatic carbocycles. The molecule has 0 saturated heterocycles. The number of amides is 2. The van der Waals surface area contributed by atoms with Crippen molar-refractivity contribution in [3.63, 3.8) is 0 Å². The molecular weight excluding hydrogens is 358 g/mol. The summed E-state index contributed by atoms with van der Waals surface area (Å²) in [6.45, 7) is 4.99. The van der Waals surface area contributed by atoms with Crippen LogP contribution in [-0.4, -0.2) is 60.7 Å². The number of hydrogen-bond acceptors (Lipinski definition) is 5. The molecule has 0 bridgehead atoms. The number of ether oxygens (including phenoxy) is 1. The zero-order chi connectivity index (χ0) is 20.3. The monoisotopic (exact) mass is 389 g/mol. The van der Waals surface area contributed by atoms with Crippen molar-refractivity contribution in [1.82, 2.24) is 10.2 Å². The van der Waals surface area contributed by atoms with E-state index in [1.807, 2.05) is 32.2 Å². The average molecular weight is 389 g/mol. The molecule has 0 unspecified atom stereocenters. The molecule has 28 heavy (non-hydrogen) atoms. The van der Waals surface area contributed by atoms with E-state index < -0.39 is 0 Å². The number of carbonyl (C=O) groups excluding carboxylic acids is 2. The van der Waals surface area contributed by atoms with E-state index in [0.29, 0.717) is 24.5 Å². The Bertz CT molecular complexity index is 720. The van der Waals surface area contributed by atoms with E-state index in [2.05, 4.69) is 17.6 Å². The topological polar surface area (TPSA) is 90.9 Å². The Hall–Kier alpha value is -2.12. The molecule has 1 heterocycles.